The van der Waals surface area contributed by atoms with Crippen LogP contribution in [0.2, 0.25) is 0 Å². The number of halogens is 1. The molecule has 6 rings (SSSR count). The number of aliphatic hydroxyl groups excluding tert-OH is 1. The van der Waals surface area contributed by atoms with E-state index in [1.54, 1.807) is 60.7 Å². The van der Waals surface area contributed by atoms with Gasteiger partial charge in [-0.15, -0.1) is 10.2 Å². The molecule has 9 nitrogen and oxygen atoms in total. The molecule has 0 bridgehead atoms. The number of carbonyl (C=O) groups excluding carboxylic acids is 2. The van der Waals surface area contributed by atoms with Crippen LogP contribution < -0.4 is 19.1 Å². The molecule has 0 aliphatic carbocycles. The van der Waals surface area contributed by atoms with Crippen molar-refractivity contribution in [3.05, 3.63) is 94.8 Å². The average Bonchev–Trinajstić information content (AvgIpc) is 3.60. The highest BCUT2D eigenvalue weighted by atomic mass is 32.2. The summed E-state index contributed by atoms with van der Waals surface area (Å²) in [6.07, 6.45) is 0.797. The largest absolute Gasteiger partial charge is 0.507 e. The first kappa shape index (κ1) is 28.7. The van der Waals surface area contributed by atoms with E-state index in [2.05, 4.69) is 10.2 Å². The minimum absolute atomic E-state index is 0.106. The van der Waals surface area contributed by atoms with Crippen LogP contribution in [0, 0.1) is 5.82 Å². The van der Waals surface area contributed by atoms with Crippen molar-refractivity contribution in [3.63, 3.8) is 0 Å². The Morgan fingerprint density at radius 1 is 1.07 bits per heavy atom. The van der Waals surface area contributed by atoms with E-state index >= 15 is 0 Å². The van der Waals surface area contributed by atoms with Crippen molar-refractivity contribution in [1.82, 2.24) is 10.2 Å². The highest BCUT2D eigenvalue weighted by Gasteiger charge is 2.48. The molecule has 1 amide bonds. The minimum Gasteiger partial charge on any atom is -0.507 e. The second-order valence-corrected chi connectivity index (χ2v) is 11.9. The van der Waals surface area contributed by atoms with Crippen molar-refractivity contribution < 1.29 is 33.3 Å². The number of hydrogen-bond acceptors (Lipinski definition) is 10. The number of ketones is 1. The van der Waals surface area contributed by atoms with Crippen LogP contribution in [0.15, 0.2) is 76.6 Å². The van der Waals surface area contributed by atoms with Crippen molar-refractivity contribution in [1.29, 1.82) is 0 Å². The van der Waals surface area contributed by atoms with Gasteiger partial charge in [0.25, 0.3) is 5.78 Å². The topological polar surface area (TPSA) is 111 Å². The van der Waals surface area contributed by atoms with Gasteiger partial charge in [0.2, 0.25) is 5.13 Å². The van der Waals surface area contributed by atoms with E-state index in [0.29, 0.717) is 63.9 Å². The molecule has 1 atom stereocenters. The van der Waals surface area contributed by atoms with Gasteiger partial charge in [-0.2, -0.15) is 0 Å². The monoisotopic (exact) mass is 619 g/mol. The van der Waals surface area contributed by atoms with Gasteiger partial charge in [0, 0.05) is 11.3 Å². The Hall–Kier alpha value is -4.42. The van der Waals surface area contributed by atoms with Gasteiger partial charge in [-0.25, -0.2) is 4.39 Å². The summed E-state index contributed by atoms with van der Waals surface area (Å²) in [6.45, 7) is 3.23. The third-order valence-electron chi connectivity index (χ3n) is 6.82. The number of anilines is 1. The summed E-state index contributed by atoms with van der Waals surface area (Å²) in [4.78, 5) is 28.4. The summed E-state index contributed by atoms with van der Waals surface area (Å²) in [5.74, 6) is -0.589. The molecule has 2 aliphatic heterocycles. The van der Waals surface area contributed by atoms with Crippen LogP contribution in [0.4, 0.5) is 9.52 Å². The molecule has 12 heteroatoms. The lowest BCUT2D eigenvalue weighted by atomic mass is 9.95. The number of aromatic nitrogens is 2. The van der Waals surface area contributed by atoms with E-state index < -0.39 is 17.7 Å². The SMILES string of the molecule is CCCOc1cccc([C@H]2C(=C(O)c3ccc4c(c3)OCCO4)C(=O)C(=O)N2c2nnc(SCc3ccccc3F)s2)c1. The van der Waals surface area contributed by atoms with Crippen LogP contribution in [0.3, 0.4) is 0 Å². The zero-order valence-electron chi connectivity index (χ0n) is 23.0. The van der Waals surface area contributed by atoms with Crippen molar-refractivity contribution in [2.45, 2.75) is 29.5 Å². The minimum atomic E-state index is -1.02. The van der Waals surface area contributed by atoms with Crippen LogP contribution in [0.5, 0.6) is 17.2 Å². The average molecular weight is 620 g/mol. The first-order valence-corrected chi connectivity index (χ1v) is 15.4. The summed E-state index contributed by atoms with van der Waals surface area (Å²) in [7, 11) is 0. The van der Waals surface area contributed by atoms with Crippen molar-refractivity contribution in [2.75, 3.05) is 24.7 Å². The molecule has 0 radical (unpaired) electrons. The maximum absolute atomic E-state index is 14.1. The number of thioether (sulfide) groups is 1. The third kappa shape index (κ3) is 5.80. The summed E-state index contributed by atoms with van der Waals surface area (Å²) in [6, 6.07) is 17.3. The van der Waals surface area contributed by atoms with Crippen LogP contribution >= 0.6 is 23.1 Å². The maximum Gasteiger partial charge on any atom is 0.301 e. The van der Waals surface area contributed by atoms with Crippen LogP contribution in [-0.4, -0.2) is 46.8 Å². The summed E-state index contributed by atoms with van der Waals surface area (Å²) in [5.41, 5.74) is 1.24. The summed E-state index contributed by atoms with van der Waals surface area (Å²) in [5, 5.41) is 20.1. The Bertz CT molecular complexity index is 1730. The van der Waals surface area contributed by atoms with E-state index in [9.17, 15) is 19.1 Å². The molecule has 1 saturated heterocycles. The lowest BCUT2D eigenvalue weighted by molar-refractivity contribution is -0.132. The van der Waals surface area contributed by atoms with Crippen LogP contribution in [0.25, 0.3) is 5.76 Å². The molecular weight excluding hydrogens is 593 g/mol. The fraction of sp³-hybridized carbons (Fsp3) is 0.226. The predicted molar refractivity (Wildman–Crippen MR) is 160 cm³/mol. The fourth-order valence-corrected chi connectivity index (χ4v) is 6.65. The Morgan fingerprint density at radius 2 is 1.88 bits per heavy atom. The number of fused-ring (bicyclic) bond motifs is 1. The number of nitrogens with zero attached hydrogens (tertiary/aromatic N) is 3. The van der Waals surface area contributed by atoms with Gasteiger partial charge in [0.15, 0.2) is 15.8 Å². The van der Waals surface area contributed by atoms with Gasteiger partial charge < -0.3 is 19.3 Å². The highest BCUT2D eigenvalue weighted by Crippen LogP contribution is 2.45. The van der Waals surface area contributed by atoms with E-state index in [0.717, 1.165) is 17.8 Å². The predicted octanol–water partition coefficient (Wildman–Crippen LogP) is 6.16. The number of aliphatic hydroxyl groups is 1. The number of hydrogen-bond donors (Lipinski definition) is 1. The van der Waals surface area contributed by atoms with Gasteiger partial charge in [-0.05, 0) is 53.9 Å². The zero-order chi connectivity index (χ0) is 29.9. The first-order valence-electron chi connectivity index (χ1n) is 13.6. The van der Waals surface area contributed by atoms with Crippen LogP contribution in [-0.2, 0) is 15.3 Å². The number of rotatable bonds is 9. The molecule has 4 aromatic rings. The van der Waals surface area contributed by atoms with E-state index in [1.165, 1.54) is 22.7 Å². The molecule has 1 N–H and O–H groups in total. The van der Waals surface area contributed by atoms with E-state index in [-0.39, 0.29) is 22.3 Å². The maximum atomic E-state index is 14.1. The van der Waals surface area contributed by atoms with Gasteiger partial charge in [-0.1, -0.05) is 60.4 Å². The van der Waals surface area contributed by atoms with Crippen molar-refractivity contribution in [2.24, 2.45) is 0 Å². The summed E-state index contributed by atoms with van der Waals surface area (Å²) < 4.78 is 31.7. The quantitative estimate of drug-likeness (QED) is 0.0775. The lowest BCUT2D eigenvalue weighted by Gasteiger charge is -2.23. The third-order valence-corrected chi connectivity index (χ3v) is 8.92. The molecule has 0 spiro atoms. The zero-order valence-corrected chi connectivity index (χ0v) is 24.6. The molecular formula is C31H26FN3O6S2. The normalized spacial score (nSPS) is 17.3. The standard InChI is InChI=1S/C31H26FN3O6S2/c1-2-12-39-21-8-5-7-18(15-21)26-25(27(36)19-10-11-23-24(16-19)41-14-13-40-23)28(37)29(38)35(26)30-33-34-31(43-30)42-17-20-6-3-4-9-22(20)32/h3-11,15-16,26,36H,2,12-14,17H2,1H3/t26-/m0/s1. The van der Waals surface area contributed by atoms with Crippen LogP contribution in [0.1, 0.15) is 36.1 Å². The van der Waals surface area contributed by atoms with Crippen molar-refractivity contribution >= 4 is 45.7 Å². The van der Waals surface area contributed by atoms with Gasteiger partial charge in [0.1, 0.15) is 30.5 Å². The molecule has 0 saturated carbocycles. The smallest absolute Gasteiger partial charge is 0.301 e. The molecule has 3 heterocycles. The van der Waals surface area contributed by atoms with Gasteiger partial charge in [-0.3, -0.25) is 14.5 Å². The van der Waals surface area contributed by atoms with E-state index in [4.69, 9.17) is 14.2 Å². The second kappa shape index (κ2) is 12.4. The summed E-state index contributed by atoms with van der Waals surface area (Å²) >= 11 is 2.37. The molecule has 3 aromatic carbocycles. The molecule has 1 aromatic heterocycles. The van der Waals surface area contributed by atoms with Gasteiger partial charge in [0.05, 0.1) is 18.2 Å². The lowest BCUT2D eigenvalue weighted by Crippen LogP contribution is -2.29. The van der Waals surface area contributed by atoms with Gasteiger partial charge >= 0.3 is 5.91 Å². The Morgan fingerprint density at radius 3 is 2.70 bits per heavy atom. The number of benzene rings is 3. The number of ether oxygens (including phenoxy) is 3. The molecule has 1 fully saturated rings. The molecule has 220 valence electrons. The molecule has 0 unspecified atom stereocenters. The van der Waals surface area contributed by atoms with Crippen molar-refractivity contribution in [3.8, 4) is 17.2 Å². The fourth-order valence-electron chi connectivity index (χ4n) is 4.80. The first-order chi connectivity index (χ1) is 20.9. The number of carbonyl (C=O) groups is 2. The highest BCUT2D eigenvalue weighted by molar-refractivity contribution is 8.00. The number of amides is 1. The Kier molecular flexibility index (Phi) is 8.30. The molecule has 2 aliphatic rings. The van der Waals surface area contributed by atoms with E-state index in [1.807, 2.05) is 6.92 Å². The molecule has 43 heavy (non-hydrogen) atoms. The second-order valence-electron chi connectivity index (χ2n) is 9.68. The Labute approximate surface area is 254 Å². The number of Topliss-reactive ketones (excluding diaryl/α,β-unsaturated/α-hetero) is 1. The Balaban J connectivity index is 1.40.